The van der Waals surface area contributed by atoms with Crippen LogP contribution in [0.3, 0.4) is 0 Å². The number of rotatable bonds is 8. The van der Waals surface area contributed by atoms with E-state index in [1.165, 1.54) is 37.4 Å². The van der Waals surface area contributed by atoms with Gasteiger partial charge in [0, 0.05) is 30.7 Å². The number of amides is 1. The van der Waals surface area contributed by atoms with Gasteiger partial charge in [-0.3, -0.25) is 9.36 Å². The molecule has 8 nitrogen and oxygen atoms in total. The highest BCUT2D eigenvalue weighted by Gasteiger charge is 2.25. The Morgan fingerprint density at radius 3 is 2.24 bits per heavy atom. The molecule has 2 atom stereocenters. The van der Waals surface area contributed by atoms with Gasteiger partial charge in [0.2, 0.25) is 0 Å². The van der Waals surface area contributed by atoms with Crippen LogP contribution in [0.1, 0.15) is 21.5 Å². The van der Waals surface area contributed by atoms with Crippen LogP contribution in [0.25, 0.3) is 0 Å². The molecule has 3 aromatic rings. The molecule has 0 aliphatic rings. The van der Waals surface area contributed by atoms with Gasteiger partial charge in [-0.2, -0.15) is 0 Å². The molecule has 38 heavy (non-hydrogen) atoms. The van der Waals surface area contributed by atoms with Crippen LogP contribution in [0.4, 0.5) is 0 Å². The molecule has 0 aliphatic carbocycles. The molecule has 1 unspecified atom stereocenters. The Morgan fingerprint density at radius 1 is 1.05 bits per heavy atom. The molecule has 3 aromatic carbocycles. The molecular formula is C26H22Cl2NO7PS. The van der Waals surface area contributed by atoms with Crippen LogP contribution in [0, 0.1) is 11.6 Å². The van der Waals surface area contributed by atoms with E-state index in [4.69, 9.17) is 27.7 Å². The minimum atomic E-state index is -3.50. The van der Waals surface area contributed by atoms with Crippen LogP contribution >= 0.6 is 30.6 Å². The van der Waals surface area contributed by atoms with Gasteiger partial charge < -0.3 is 14.9 Å². The van der Waals surface area contributed by atoms with Crippen LogP contribution in [0.15, 0.2) is 71.6 Å². The van der Waals surface area contributed by atoms with Crippen molar-refractivity contribution < 1.29 is 32.2 Å². The second-order valence-electron chi connectivity index (χ2n) is 8.11. The topological polar surface area (TPSA) is 127 Å². The van der Waals surface area contributed by atoms with Crippen LogP contribution in [-0.4, -0.2) is 44.8 Å². The van der Waals surface area contributed by atoms with Crippen molar-refractivity contribution in [2.24, 2.45) is 0 Å². The monoisotopic (exact) mass is 593 g/mol. The van der Waals surface area contributed by atoms with E-state index < -0.39 is 35.1 Å². The van der Waals surface area contributed by atoms with Gasteiger partial charge in [-0.1, -0.05) is 59.5 Å². The lowest BCUT2D eigenvalue weighted by molar-refractivity contribution is -0.139. The van der Waals surface area contributed by atoms with Crippen molar-refractivity contribution in [2.45, 2.75) is 17.4 Å². The summed E-state index contributed by atoms with van der Waals surface area (Å²) in [6, 6.07) is 15.5. The Kier molecular flexibility index (Phi) is 9.42. The SMILES string of the molecule is COP(=O)(C#Cc1cc(Cl)c(C(=O)N[C@@H](Cc2cccc(S(C)(=O)=O)c2)C(=O)O)c(Cl)c1)c1ccccc1. The molecule has 0 aliphatic heterocycles. The maximum Gasteiger partial charge on any atom is 0.326 e. The van der Waals surface area contributed by atoms with E-state index in [0.29, 0.717) is 10.9 Å². The lowest BCUT2D eigenvalue weighted by Crippen LogP contribution is -2.42. The molecule has 0 fully saturated rings. The quantitative estimate of drug-likeness (QED) is 0.293. The first kappa shape index (κ1) is 29.4. The lowest BCUT2D eigenvalue weighted by Gasteiger charge is -2.16. The summed E-state index contributed by atoms with van der Waals surface area (Å²) in [4.78, 5) is 24.8. The number of nitrogens with one attached hydrogen (secondary N) is 1. The van der Waals surface area contributed by atoms with E-state index in [1.54, 1.807) is 36.4 Å². The van der Waals surface area contributed by atoms with Crippen LogP contribution in [0.2, 0.25) is 10.0 Å². The molecule has 0 saturated carbocycles. The normalized spacial score (nSPS) is 13.5. The first-order chi connectivity index (χ1) is 17.8. The number of carbonyl (C=O) groups is 2. The van der Waals surface area contributed by atoms with Crippen molar-refractivity contribution in [3.05, 3.63) is 93.5 Å². The second-order valence-corrected chi connectivity index (χ2v) is 13.1. The standard InChI is InChI=1S/C26H22Cl2NO7PS/c1-36-37(33,19-8-4-3-5-9-19)12-11-18-14-21(27)24(22(28)15-18)25(30)29-23(26(31)32)16-17-7-6-10-20(13-17)38(2,34)35/h3-10,13-15,23H,16H2,1-2H3,(H,29,30)(H,31,32)/t23-,37?/m0/s1. The zero-order valence-corrected chi connectivity index (χ0v) is 23.4. The number of aliphatic carboxylic acids is 1. The van der Waals surface area contributed by atoms with Gasteiger partial charge in [0.15, 0.2) is 9.84 Å². The van der Waals surface area contributed by atoms with Crippen LogP contribution in [-0.2, 0) is 30.1 Å². The number of hydrogen-bond donors (Lipinski definition) is 2. The fourth-order valence-electron chi connectivity index (χ4n) is 3.41. The number of carboxylic acids is 1. The van der Waals surface area contributed by atoms with E-state index in [-0.39, 0.29) is 32.5 Å². The zero-order chi connectivity index (χ0) is 28.1. The highest BCUT2D eigenvalue weighted by molar-refractivity contribution is 7.90. The average Bonchev–Trinajstić information content (AvgIpc) is 2.86. The molecule has 0 spiro atoms. The van der Waals surface area contributed by atoms with E-state index >= 15 is 0 Å². The molecule has 3 rings (SSSR count). The number of halogens is 2. The summed E-state index contributed by atoms with van der Waals surface area (Å²) in [6.45, 7) is 0. The van der Waals surface area contributed by atoms with Gasteiger partial charge in [0.25, 0.3) is 5.91 Å². The summed E-state index contributed by atoms with van der Waals surface area (Å²) in [7, 11) is -5.70. The van der Waals surface area contributed by atoms with Crippen LogP contribution in [0.5, 0.6) is 0 Å². The minimum Gasteiger partial charge on any atom is -0.480 e. The van der Waals surface area contributed by atoms with Crippen molar-refractivity contribution in [3.8, 4) is 11.6 Å². The van der Waals surface area contributed by atoms with E-state index in [0.717, 1.165) is 6.26 Å². The first-order valence-corrected chi connectivity index (χ1v) is 15.2. The van der Waals surface area contributed by atoms with E-state index in [1.807, 2.05) is 0 Å². The zero-order valence-electron chi connectivity index (χ0n) is 20.1. The summed E-state index contributed by atoms with van der Waals surface area (Å²) in [6.07, 6.45) is 0.853. The Morgan fingerprint density at radius 2 is 1.68 bits per heavy atom. The van der Waals surface area contributed by atoms with Crippen molar-refractivity contribution in [1.82, 2.24) is 5.32 Å². The fraction of sp³-hybridized carbons (Fsp3) is 0.154. The summed E-state index contributed by atoms with van der Waals surface area (Å²) in [5, 5.41) is 12.2. The van der Waals surface area contributed by atoms with Gasteiger partial charge in [-0.05, 0) is 47.6 Å². The molecule has 198 valence electrons. The number of sulfone groups is 1. The summed E-state index contributed by atoms with van der Waals surface area (Å²) in [5.41, 5.74) is 3.10. The summed E-state index contributed by atoms with van der Waals surface area (Å²) in [5.74, 6) is 0.522. The molecule has 2 N–H and O–H groups in total. The highest BCUT2D eigenvalue weighted by Crippen LogP contribution is 2.43. The number of carbonyl (C=O) groups excluding carboxylic acids is 1. The highest BCUT2D eigenvalue weighted by atomic mass is 35.5. The van der Waals surface area contributed by atoms with E-state index in [9.17, 15) is 27.7 Å². The second kappa shape index (κ2) is 12.2. The smallest absolute Gasteiger partial charge is 0.326 e. The van der Waals surface area contributed by atoms with Crippen LogP contribution < -0.4 is 10.6 Å². The predicted octanol–water partition coefficient (Wildman–Crippen LogP) is 4.38. The van der Waals surface area contributed by atoms with Gasteiger partial charge in [-0.15, -0.1) is 0 Å². The minimum absolute atomic E-state index is 0.0264. The Labute approximate surface area is 230 Å². The Balaban J connectivity index is 1.85. The third-order valence-electron chi connectivity index (χ3n) is 5.34. The third-order valence-corrected chi connectivity index (χ3v) is 8.94. The number of carboxylic acid groups (broad SMARTS) is 1. The van der Waals surface area contributed by atoms with Crippen molar-refractivity contribution >= 4 is 57.6 Å². The molecule has 0 aromatic heterocycles. The maximum atomic E-state index is 13.1. The molecular weight excluding hydrogens is 572 g/mol. The molecule has 1 amide bonds. The fourth-order valence-corrected chi connectivity index (χ4v) is 6.03. The third kappa shape index (κ3) is 7.25. The van der Waals surface area contributed by atoms with E-state index in [2.05, 4.69) is 16.9 Å². The first-order valence-electron chi connectivity index (χ1n) is 10.9. The molecule has 12 heteroatoms. The Bertz CT molecular complexity index is 1580. The van der Waals surface area contributed by atoms with Gasteiger partial charge >= 0.3 is 13.3 Å². The van der Waals surface area contributed by atoms with Gasteiger partial charge in [0.05, 0.1) is 20.5 Å². The largest absolute Gasteiger partial charge is 0.480 e. The van der Waals surface area contributed by atoms with Crippen molar-refractivity contribution in [2.75, 3.05) is 13.4 Å². The molecule has 0 heterocycles. The van der Waals surface area contributed by atoms with Crippen molar-refractivity contribution in [1.29, 1.82) is 0 Å². The van der Waals surface area contributed by atoms with Crippen molar-refractivity contribution in [3.63, 3.8) is 0 Å². The molecule has 0 saturated heterocycles. The summed E-state index contributed by atoms with van der Waals surface area (Å²) >= 11 is 12.6. The lowest BCUT2D eigenvalue weighted by atomic mass is 10.0. The number of benzene rings is 3. The average molecular weight is 594 g/mol. The number of hydrogen-bond acceptors (Lipinski definition) is 6. The van der Waals surface area contributed by atoms with Gasteiger partial charge in [0.1, 0.15) is 6.04 Å². The maximum absolute atomic E-state index is 13.1. The molecule has 0 radical (unpaired) electrons. The molecule has 0 bridgehead atoms. The predicted molar refractivity (Wildman–Crippen MR) is 146 cm³/mol. The van der Waals surface area contributed by atoms with Gasteiger partial charge in [-0.25, -0.2) is 13.2 Å². The Hall–Kier alpha value is -3.12. The summed E-state index contributed by atoms with van der Waals surface area (Å²) < 4.78 is 41.9.